The van der Waals surface area contributed by atoms with Crippen LogP contribution in [0.15, 0.2) is 16.2 Å². The van der Waals surface area contributed by atoms with Gasteiger partial charge in [0.05, 0.1) is 5.39 Å². The topological polar surface area (TPSA) is 71.8 Å². The molecule has 0 radical (unpaired) electrons. The van der Waals surface area contributed by atoms with Gasteiger partial charge in [0, 0.05) is 6.42 Å². The van der Waals surface area contributed by atoms with Gasteiger partial charge in [0.1, 0.15) is 10.7 Å². The number of nitrogens with two attached hydrogens (primary N) is 1. The van der Waals surface area contributed by atoms with E-state index in [2.05, 4.69) is 9.97 Å². The fourth-order valence-corrected chi connectivity index (χ4v) is 1.95. The molecule has 0 aliphatic carbocycles. The predicted octanol–water partition coefficient (Wildman–Crippen LogP) is 0.486. The van der Waals surface area contributed by atoms with Crippen LogP contribution in [0, 0.1) is 0 Å². The average molecular weight is 195 g/mol. The number of nitrogens with one attached hydrogen (secondary N) is 1. The zero-order chi connectivity index (χ0) is 9.26. The first-order chi connectivity index (χ1) is 6.31. The smallest absolute Gasteiger partial charge is 0.259 e. The molecule has 0 aliphatic rings. The van der Waals surface area contributed by atoms with E-state index in [1.54, 1.807) is 6.07 Å². The highest BCUT2D eigenvalue weighted by Gasteiger charge is 2.03. The van der Waals surface area contributed by atoms with Crippen molar-refractivity contribution < 1.29 is 0 Å². The molecule has 2 aromatic rings. The summed E-state index contributed by atoms with van der Waals surface area (Å²) in [5.41, 5.74) is 5.30. The third-order valence-corrected chi connectivity index (χ3v) is 2.57. The van der Waals surface area contributed by atoms with Gasteiger partial charge in [0.2, 0.25) is 0 Å². The standard InChI is InChI=1S/C8H9N3OS/c9-3-1-6-10-7(12)5-2-4-13-8(5)11-6/h2,4H,1,3,9H2,(H,10,11,12). The van der Waals surface area contributed by atoms with Crippen molar-refractivity contribution in [2.24, 2.45) is 5.73 Å². The summed E-state index contributed by atoms with van der Waals surface area (Å²) in [5.74, 6) is 0.669. The Morgan fingerprint density at radius 3 is 3.23 bits per heavy atom. The van der Waals surface area contributed by atoms with Crippen molar-refractivity contribution in [2.45, 2.75) is 6.42 Å². The molecule has 0 bridgehead atoms. The van der Waals surface area contributed by atoms with Crippen molar-refractivity contribution in [3.63, 3.8) is 0 Å². The highest BCUT2D eigenvalue weighted by atomic mass is 32.1. The molecule has 68 valence electrons. The maximum absolute atomic E-state index is 11.4. The number of H-pyrrole nitrogens is 1. The van der Waals surface area contributed by atoms with E-state index in [0.29, 0.717) is 24.2 Å². The van der Waals surface area contributed by atoms with Crippen LogP contribution in [0.3, 0.4) is 0 Å². The molecule has 2 heterocycles. The van der Waals surface area contributed by atoms with Crippen molar-refractivity contribution in [1.82, 2.24) is 9.97 Å². The van der Waals surface area contributed by atoms with Crippen LogP contribution in [0.2, 0.25) is 0 Å². The SMILES string of the molecule is NCCc1nc2sccc2c(=O)[nH]1. The van der Waals surface area contributed by atoms with Gasteiger partial charge in [-0.3, -0.25) is 4.79 Å². The molecule has 0 saturated carbocycles. The average Bonchev–Trinajstić information content (AvgIpc) is 2.53. The zero-order valence-corrected chi connectivity index (χ0v) is 7.73. The minimum atomic E-state index is -0.0744. The second-order valence-electron chi connectivity index (χ2n) is 2.69. The Morgan fingerprint density at radius 1 is 1.62 bits per heavy atom. The highest BCUT2D eigenvalue weighted by Crippen LogP contribution is 2.13. The Hall–Kier alpha value is -1.20. The first-order valence-electron chi connectivity index (χ1n) is 3.97. The van der Waals surface area contributed by atoms with Crippen LogP contribution in [0.25, 0.3) is 10.2 Å². The number of fused-ring (bicyclic) bond motifs is 1. The van der Waals surface area contributed by atoms with Crippen molar-refractivity contribution in [3.8, 4) is 0 Å². The van der Waals surface area contributed by atoms with E-state index < -0.39 is 0 Å². The van der Waals surface area contributed by atoms with Gasteiger partial charge in [0.15, 0.2) is 0 Å². The predicted molar refractivity (Wildman–Crippen MR) is 53.0 cm³/mol. The van der Waals surface area contributed by atoms with Crippen LogP contribution < -0.4 is 11.3 Å². The number of aromatic amines is 1. The summed E-state index contributed by atoms with van der Waals surface area (Å²) in [7, 11) is 0. The molecule has 0 amide bonds. The quantitative estimate of drug-likeness (QED) is 0.732. The van der Waals surface area contributed by atoms with Crippen LogP contribution in [-0.2, 0) is 6.42 Å². The monoisotopic (exact) mass is 195 g/mol. The second-order valence-corrected chi connectivity index (χ2v) is 3.59. The molecule has 0 spiro atoms. The largest absolute Gasteiger partial charge is 0.330 e. The number of hydrogen-bond acceptors (Lipinski definition) is 4. The maximum atomic E-state index is 11.4. The Morgan fingerprint density at radius 2 is 2.46 bits per heavy atom. The third kappa shape index (κ3) is 1.48. The van der Waals surface area contributed by atoms with E-state index in [1.807, 2.05) is 5.38 Å². The summed E-state index contributed by atoms with van der Waals surface area (Å²) in [6.45, 7) is 0.500. The van der Waals surface area contributed by atoms with E-state index in [0.717, 1.165) is 4.83 Å². The maximum Gasteiger partial charge on any atom is 0.259 e. The van der Waals surface area contributed by atoms with Crippen molar-refractivity contribution in [1.29, 1.82) is 0 Å². The molecule has 0 fully saturated rings. The Kier molecular flexibility index (Phi) is 2.12. The van der Waals surface area contributed by atoms with Crippen molar-refractivity contribution in [2.75, 3.05) is 6.54 Å². The molecule has 0 saturated heterocycles. The van der Waals surface area contributed by atoms with Gasteiger partial charge in [-0.25, -0.2) is 4.98 Å². The molecular weight excluding hydrogens is 186 g/mol. The van der Waals surface area contributed by atoms with Crippen LogP contribution in [0.1, 0.15) is 5.82 Å². The van der Waals surface area contributed by atoms with Gasteiger partial charge in [0.25, 0.3) is 5.56 Å². The van der Waals surface area contributed by atoms with Gasteiger partial charge in [-0.15, -0.1) is 11.3 Å². The summed E-state index contributed by atoms with van der Waals surface area (Å²) in [6.07, 6.45) is 0.614. The molecule has 2 aromatic heterocycles. The molecule has 0 unspecified atom stereocenters. The van der Waals surface area contributed by atoms with E-state index in [-0.39, 0.29) is 5.56 Å². The Bertz CT molecular complexity index is 473. The second kappa shape index (κ2) is 3.27. The Balaban J connectivity index is 2.63. The molecular formula is C8H9N3OS. The third-order valence-electron chi connectivity index (χ3n) is 1.76. The molecule has 2 rings (SSSR count). The Labute approximate surface area is 78.4 Å². The minimum Gasteiger partial charge on any atom is -0.330 e. The fourth-order valence-electron chi connectivity index (χ4n) is 1.16. The van der Waals surface area contributed by atoms with E-state index >= 15 is 0 Å². The molecule has 0 aliphatic heterocycles. The van der Waals surface area contributed by atoms with E-state index in [9.17, 15) is 4.79 Å². The minimum absolute atomic E-state index is 0.0744. The number of aromatic nitrogens is 2. The van der Waals surface area contributed by atoms with Gasteiger partial charge >= 0.3 is 0 Å². The van der Waals surface area contributed by atoms with Crippen LogP contribution >= 0.6 is 11.3 Å². The summed E-state index contributed by atoms with van der Waals surface area (Å²) >= 11 is 1.47. The lowest BCUT2D eigenvalue weighted by Gasteiger charge is -1.96. The van der Waals surface area contributed by atoms with E-state index in [1.165, 1.54) is 11.3 Å². The fraction of sp³-hybridized carbons (Fsp3) is 0.250. The van der Waals surface area contributed by atoms with Crippen LogP contribution in [0.5, 0.6) is 0 Å². The molecule has 13 heavy (non-hydrogen) atoms. The molecule has 0 atom stereocenters. The first kappa shape index (κ1) is 8.40. The molecule has 3 N–H and O–H groups in total. The summed E-state index contributed by atoms with van der Waals surface area (Å²) < 4.78 is 0. The van der Waals surface area contributed by atoms with Gasteiger partial charge < -0.3 is 10.7 Å². The number of hydrogen-bond donors (Lipinski definition) is 2. The van der Waals surface area contributed by atoms with Crippen LogP contribution in [-0.4, -0.2) is 16.5 Å². The molecule has 5 heteroatoms. The first-order valence-corrected chi connectivity index (χ1v) is 4.85. The zero-order valence-electron chi connectivity index (χ0n) is 6.91. The van der Waals surface area contributed by atoms with E-state index in [4.69, 9.17) is 5.73 Å². The highest BCUT2D eigenvalue weighted by molar-refractivity contribution is 7.16. The number of thiophene rings is 1. The normalized spacial score (nSPS) is 10.8. The van der Waals surface area contributed by atoms with Gasteiger partial charge in [-0.2, -0.15) is 0 Å². The van der Waals surface area contributed by atoms with Gasteiger partial charge in [-0.05, 0) is 18.0 Å². The molecule has 0 aromatic carbocycles. The van der Waals surface area contributed by atoms with Crippen molar-refractivity contribution in [3.05, 3.63) is 27.6 Å². The van der Waals surface area contributed by atoms with Crippen molar-refractivity contribution >= 4 is 21.6 Å². The summed E-state index contributed by atoms with van der Waals surface area (Å²) in [4.78, 5) is 19.2. The lowest BCUT2D eigenvalue weighted by molar-refractivity contribution is 0.872. The summed E-state index contributed by atoms with van der Waals surface area (Å²) in [6, 6.07) is 1.78. The number of rotatable bonds is 2. The molecule has 4 nitrogen and oxygen atoms in total. The van der Waals surface area contributed by atoms with Crippen LogP contribution in [0.4, 0.5) is 0 Å². The summed E-state index contributed by atoms with van der Waals surface area (Å²) in [5, 5.41) is 2.52. The number of nitrogens with zero attached hydrogens (tertiary/aromatic N) is 1. The lowest BCUT2D eigenvalue weighted by Crippen LogP contribution is -2.13. The van der Waals surface area contributed by atoms with Gasteiger partial charge in [-0.1, -0.05) is 0 Å². The lowest BCUT2D eigenvalue weighted by atomic mass is 10.3.